The summed E-state index contributed by atoms with van der Waals surface area (Å²) < 4.78 is 0. The van der Waals surface area contributed by atoms with Gasteiger partial charge in [-0.1, -0.05) is 24.3 Å². The maximum atomic E-state index is 4.86. The number of rotatable bonds is 4. The first-order chi connectivity index (χ1) is 18.8. The van der Waals surface area contributed by atoms with Crippen molar-refractivity contribution < 1.29 is 4.98 Å². The Hall–Kier alpha value is -4.28. The predicted octanol–water partition coefficient (Wildman–Crippen LogP) is 3.77. The molecular formula is C28H27N10+. The summed E-state index contributed by atoms with van der Waals surface area (Å²) in [6.45, 7) is 2.06. The van der Waals surface area contributed by atoms with Crippen LogP contribution in [0.5, 0.6) is 0 Å². The van der Waals surface area contributed by atoms with E-state index in [0.717, 1.165) is 94.2 Å². The predicted molar refractivity (Wildman–Crippen MR) is 144 cm³/mol. The van der Waals surface area contributed by atoms with Crippen molar-refractivity contribution in [2.75, 3.05) is 13.1 Å². The number of fused-ring (bicyclic) bond motifs is 3. The molecule has 10 nitrogen and oxygen atoms in total. The van der Waals surface area contributed by atoms with Crippen molar-refractivity contribution in [3.8, 4) is 22.5 Å². The van der Waals surface area contributed by atoms with Crippen molar-refractivity contribution in [1.29, 1.82) is 0 Å². The van der Waals surface area contributed by atoms with Crippen LogP contribution in [0.3, 0.4) is 0 Å². The maximum absolute atomic E-state index is 4.86. The summed E-state index contributed by atoms with van der Waals surface area (Å²) in [7, 11) is 0. The Morgan fingerprint density at radius 3 is 2.08 bits per heavy atom. The first kappa shape index (κ1) is 21.8. The highest BCUT2D eigenvalue weighted by Crippen LogP contribution is 2.29. The van der Waals surface area contributed by atoms with Gasteiger partial charge in [-0.3, -0.25) is 4.98 Å². The highest BCUT2D eigenvalue weighted by Gasteiger charge is 2.25. The monoisotopic (exact) mass is 503 g/mol. The molecule has 6 aromatic rings. The Labute approximate surface area is 217 Å². The molecule has 2 atom stereocenters. The fourth-order valence-electron chi connectivity index (χ4n) is 5.68. The molecule has 2 fully saturated rings. The second-order valence-electron chi connectivity index (χ2n) is 10.2. The van der Waals surface area contributed by atoms with Crippen LogP contribution in [0.4, 0.5) is 0 Å². The SMILES string of the molecule is c1cc2cc(-c3c[nH+]c4nc([C@@H]5CCCN5)[nH]c4n3)ccc2cc1-c1cnc2nc([C@@H]3CCCN3)[nH]c2n1. The van der Waals surface area contributed by atoms with Gasteiger partial charge in [0.25, 0.3) is 0 Å². The van der Waals surface area contributed by atoms with Crippen molar-refractivity contribution in [2.45, 2.75) is 37.8 Å². The molecule has 2 saturated heterocycles. The minimum Gasteiger partial charge on any atom is -0.324 e. The van der Waals surface area contributed by atoms with E-state index in [1.807, 2.05) is 6.20 Å². The van der Waals surface area contributed by atoms with Crippen LogP contribution in [0, 0.1) is 0 Å². The molecule has 0 spiro atoms. The van der Waals surface area contributed by atoms with E-state index in [9.17, 15) is 0 Å². The number of H-pyrrole nitrogens is 3. The average Bonchev–Trinajstić information content (AvgIpc) is 3.77. The number of nitrogens with zero attached hydrogens (tertiary/aromatic N) is 5. The lowest BCUT2D eigenvalue weighted by molar-refractivity contribution is -0.347. The molecule has 4 aromatic heterocycles. The normalized spacial score (nSPS) is 19.8. The summed E-state index contributed by atoms with van der Waals surface area (Å²) in [6, 6.07) is 13.3. The third-order valence-corrected chi connectivity index (χ3v) is 7.72. The maximum Gasteiger partial charge on any atom is 0.366 e. The lowest BCUT2D eigenvalue weighted by Crippen LogP contribution is -2.14. The van der Waals surface area contributed by atoms with Crippen molar-refractivity contribution in [3.63, 3.8) is 0 Å². The standard InChI is InChI=1S/C28H26N10/c1-3-19(29-9-1)23-35-25-27(37-23)33-21(13-31-25)17-7-5-16-12-18(8-6-15(16)11-17)22-14-32-26-28(34-22)38-24(36-26)20-4-2-10-30-20/h5-8,11-14,19-20,29-30H,1-4,9-10H2,(H,31,33,35,37)(H,32,34,36,38)/p+1/t19-,20-/m0/s1. The minimum atomic E-state index is 0.261. The van der Waals surface area contributed by atoms with Gasteiger partial charge < -0.3 is 15.6 Å². The van der Waals surface area contributed by atoms with Gasteiger partial charge in [-0.15, -0.1) is 0 Å². The smallest absolute Gasteiger partial charge is 0.324 e. The number of benzene rings is 2. The molecule has 0 unspecified atom stereocenters. The van der Waals surface area contributed by atoms with E-state index >= 15 is 0 Å². The molecule has 5 N–H and O–H groups in total. The van der Waals surface area contributed by atoms with Gasteiger partial charge >= 0.3 is 5.65 Å². The summed E-state index contributed by atoms with van der Waals surface area (Å²) in [5, 5.41) is 9.23. The Balaban J connectivity index is 1.10. The lowest BCUT2D eigenvalue weighted by atomic mass is 10.0. The summed E-state index contributed by atoms with van der Waals surface area (Å²) in [5.41, 5.74) is 6.72. The highest BCUT2D eigenvalue weighted by atomic mass is 15.1. The molecule has 38 heavy (non-hydrogen) atoms. The average molecular weight is 504 g/mol. The van der Waals surface area contributed by atoms with E-state index in [1.165, 1.54) is 6.42 Å². The van der Waals surface area contributed by atoms with Gasteiger partial charge in [-0.05, 0) is 66.7 Å². The molecule has 2 aliphatic rings. The molecule has 0 amide bonds. The zero-order chi connectivity index (χ0) is 25.1. The lowest BCUT2D eigenvalue weighted by Gasteiger charge is -2.06. The summed E-state index contributed by atoms with van der Waals surface area (Å²) in [6.07, 6.45) is 8.25. The van der Waals surface area contributed by atoms with E-state index in [4.69, 9.17) is 15.0 Å². The van der Waals surface area contributed by atoms with E-state index in [2.05, 4.69) is 72.0 Å². The minimum absolute atomic E-state index is 0.261. The van der Waals surface area contributed by atoms with Gasteiger partial charge in [0.1, 0.15) is 17.7 Å². The Bertz CT molecular complexity index is 1670. The molecule has 0 radical (unpaired) electrons. The van der Waals surface area contributed by atoms with E-state index in [-0.39, 0.29) is 12.1 Å². The largest absolute Gasteiger partial charge is 0.366 e. The number of nitrogens with one attached hydrogen (secondary N) is 5. The molecule has 0 bridgehead atoms. The molecule has 8 rings (SSSR count). The van der Waals surface area contributed by atoms with Crippen LogP contribution >= 0.6 is 0 Å². The van der Waals surface area contributed by atoms with Gasteiger partial charge in [-0.2, -0.15) is 0 Å². The number of aromatic amines is 3. The van der Waals surface area contributed by atoms with Gasteiger partial charge in [0.05, 0.1) is 24.0 Å². The van der Waals surface area contributed by atoms with E-state index in [1.54, 1.807) is 6.20 Å². The fourth-order valence-corrected chi connectivity index (χ4v) is 5.68. The van der Waals surface area contributed by atoms with Crippen LogP contribution < -0.4 is 15.6 Å². The van der Waals surface area contributed by atoms with Crippen molar-refractivity contribution in [2.24, 2.45) is 0 Å². The first-order valence-corrected chi connectivity index (χ1v) is 13.3. The van der Waals surface area contributed by atoms with Gasteiger partial charge in [0, 0.05) is 11.1 Å². The van der Waals surface area contributed by atoms with E-state index in [0.29, 0.717) is 5.65 Å². The van der Waals surface area contributed by atoms with Crippen LogP contribution in [0.1, 0.15) is 49.4 Å². The van der Waals surface area contributed by atoms with Crippen LogP contribution in [-0.2, 0) is 0 Å². The van der Waals surface area contributed by atoms with Crippen LogP contribution in [-0.4, -0.2) is 48.0 Å². The molecule has 6 heterocycles. The van der Waals surface area contributed by atoms with Gasteiger partial charge in [0.15, 0.2) is 11.3 Å². The van der Waals surface area contributed by atoms with Crippen molar-refractivity contribution >= 4 is 33.4 Å². The third-order valence-electron chi connectivity index (χ3n) is 7.72. The Kier molecular flexibility index (Phi) is 4.95. The molecule has 0 aliphatic carbocycles. The zero-order valence-electron chi connectivity index (χ0n) is 20.8. The topological polar surface area (TPSA) is 134 Å². The van der Waals surface area contributed by atoms with Crippen molar-refractivity contribution in [3.05, 3.63) is 60.4 Å². The van der Waals surface area contributed by atoms with Crippen LogP contribution in [0.25, 0.3) is 55.9 Å². The van der Waals surface area contributed by atoms with Crippen LogP contribution in [0.2, 0.25) is 0 Å². The second-order valence-corrected chi connectivity index (χ2v) is 10.2. The summed E-state index contributed by atoms with van der Waals surface area (Å²) >= 11 is 0. The summed E-state index contributed by atoms with van der Waals surface area (Å²) in [4.78, 5) is 33.7. The summed E-state index contributed by atoms with van der Waals surface area (Å²) in [5.74, 6) is 1.87. The Morgan fingerprint density at radius 2 is 1.37 bits per heavy atom. The molecule has 2 aromatic carbocycles. The number of hydrogen-bond acceptors (Lipinski definition) is 7. The zero-order valence-corrected chi connectivity index (χ0v) is 20.8. The Morgan fingerprint density at radius 1 is 0.711 bits per heavy atom. The molecule has 0 saturated carbocycles. The number of imidazole rings is 2. The number of hydrogen-bond donors (Lipinski definition) is 4. The molecular weight excluding hydrogens is 476 g/mol. The van der Waals surface area contributed by atoms with Gasteiger partial charge in [0.2, 0.25) is 11.5 Å². The molecule has 2 aliphatic heterocycles. The van der Waals surface area contributed by atoms with Crippen LogP contribution in [0.15, 0.2) is 48.8 Å². The number of aromatic nitrogens is 8. The fraction of sp³-hybridized carbons (Fsp3) is 0.286. The second kappa shape index (κ2) is 8.64. The molecule has 10 heteroatoms. The quantitative estimate of drug-likeness (QED) is 0.288. The molecule has 188 valence electrons. The van der Waals surface area contributed by atoms with Gasteiger partial charge in [-0.25, -0.2) is 24.9 Å². The van der Waals surface area contributed by atoms with Crippen molar-refractivity contribution in [1.82, 2.24) is 45.5 Å². The first-order valence-electron chi connectivity index (χ1n) is 13.3. The third kappa shape index (κ3) is 3.72. The highest BCUT2D eigenvalue weighted by molar-refractivity contribution is 5.90. The van der Waals surface area contributed by atoms with E-state index < -0.39 is 0 Å².